The molecule has 2 bridgehead atoms. The number of carbonyl (C=O) groups is 1. The molecule has 1 aromatic carbocycles. The van der Waals surface area contributed by atoms with Gasteiger partial charge in [0.1, 0.15) is 17.3 Å². The summed E-state index contributed by atoms with van der Waals surface area (Å²) in [6.45, 7) is 4.39. The lowest BCUT2D eigenvalue weighted by molar-refractivity contribution is 0.0211. The fourth-order valence-electron chi connectivity index (χ4n) is 4.20. The SMILES string of the molecule is COc1ccc(-c2ccc(C(=O)N[C@@H]3C4CCN(CC4)[C@H]3C)o2)c(F)c1. The number of methoxy groups -OCH3 is 1. The average molecular weight is 358 g/mol. The summed E-state index contributed by atoms with van der Waals surface area (Å²) in [4.78, 5) is 15.0. The quantitative estimate of drug-likeness (QED) is 0.911. The van der Waals surface area contributed by atoms with Crippen molar-refractivity contribution in [2.24, 2.45) is 5.92 Å². The van der Waals surface area contributed by atoms with E-state index in [2.05, 4.69) is 17.1 Å². The van der Waals surface area contributed by atoms with Gasteiger partial charge < -0.3 is 14.5 Å². The Labute approximate surface area is 152 Å². The minimum atomic E-state index is -0.448. The average Bonchev–Trinajstić information content (AvgIpc) is 3.14. The number of carbonyl (C=O) groups excluding carboxylic acids is 1. The summed E-state index contributed by atoms with van der Waals surface area (Å²) in [5, 5.41) is 3.13. The summed E-state index contributed by atoms with van der Waals surface area (Å²) >= 11 is 0. The fourth-order valence-corrected chi connectivity index (χ4v) is 4.20. The van der Waals surface area contributed by atoms with E-state index in [1.807, 2.05) is 0 Å². The zero-order valence-corrected chi connectivity index (χ0v) is 15.0. The second-order valence-corrected chi connectivity index (χ2v) is 7.12. The highest BCUT2D eigenvalue weighted by molar-refractivity contribution is 5.92. The van der Waals surface area contributed by atoms with Crippen LogP contribution in [0.1, 0.15) is 30.3 Å². The van der Waals surface area contributed by atoms with Gasteiger partial charge in [-0.25, -0.2) is 4.39 Å². The molecule has 5 rings (SSSR count). The molecule has 5 nitrogen and oxygen atoms in total. The van der Waals surface area contributed by atoms with Crippen LogP contribution in [0.2, 0.25) is 0 Å². The van der Waals surface area contributed by atoms with Gasteiger partial charge in [-0.3, -0.25) is 9.69 Å². The van der Waals surface area contributed by atoms with Gasteiger partial charge in [0.2, 0.25) is 0 Å². The minimum Gasteiger partial charge on any atom is -0.497 e. The zero-order chi connectivity index (χ0) is 18.3. The molecule has 26 heavy (non-hydrogen) atoms. The highest BCUT2D eigenvalue weighted by atomic mass is 19.1. The summed E-state index contributed by atoms with van der Waals surface area (Å²) in [6.07, 6.45) is 2.24. The molecule has 3 aliphatic heterocycles. The molecule has 0 spiro atoms. The van der Waals surface area contributed by atoms with Crippen molar-refractivity contribution in [1.82, 2.24) is 10.2 Å². The van der Waals surface area contributed by atoms with Crippen molar-refractivity contribution in [3.8, 4) is 17.1 Å². The molecule has 6 heteroatoms. The smallest absolute Gasteiger partial charge is 0.287 e. The fraction of sp³-hybridized carbons (Fsp3) is 0.450. The third-order valence-electron chi connectivity index (χ3n) is 5.75. The van der Waals surface area contributed by atoms with E-state index in [0.29, 0.717) is 29.0 Å². The van der Waals surface area contributed by atoms with Crippen molar-refractivity contribution in [2.75, 3.05) is 20.2 Å². The van der Waals surface area contributed by atoms with Gasteiger partial charge in [0.15, 0.2) is 5.76 Å². The highest BCUT2D eigenvalue weighted by Gasteiger charge is 2.40. The van der Waals surface area contributed by atoms with Crippen molar-refractivity contribution in [3.63, 3.8) is 0 Å². The molecule has 3 saturated heterocycles. The first-order valence-corrected chi connectivity index (χ1v) is 9.05. The van der Waals surface area contributed by atoms with E-state index >= 15 is 0 Å². The van der Waals surface area contributed by atoms with Gasteiger partial charge in [-0.05, 0) is 63.0 Å². The van der Waals surface area contributed by atoms with Crippen LogP contribution >= 0.6 is 0 Å². The van der Waals surface area contributed by atoms with Crippen LogP contribution in [0.5, 0.6) is 5.75 Å². The van der Waals surface area contributed by atoms with Gasteiger partial charge in [-0.2, -0.15) is 0 Å². The van der Waals surface area contributed by atoms with Crippen LogP contribution in [0.15, 0.2) is 34.7 Å². The molecule has 4 heterocycles. The molecule has 0 aliphatic carbocycles. The van der Waals surface area contributed by atoms with Gasteiger partial charge in [0.05, 0.1) is 12.7 Å². The third-order valence-corrected chi connectivity index (χ3v) is 5.75. The van der Waals surface area contributed by atoms with Crippen LogP contribution in [0.4, 0.5) is 4.39 Å². The first kappa shape index (κ1) is 17.1. The topological polar surface area (TPSA) is 54.7 Å². The van der Waals surface area contributed by atoms with E-state index in [0.717, 1.165) is 25.9 Å². The number of rotatable bonds is 4. The summed E-state index contributed by atoms with van der Waals surface area (Å²) in [6, 6.07) is 8.24. The van der Waals surface area contributed by atoms with E-state index < -0.39 is 5.82 Å². The van der Waals surface area contributed by atoms with Crippen LogP contribution in [0.25, 0.3) is 11.3 Å². The Bertz CT molecular complexity index is 809. The molecule has 2 aromatic rings. The maximum Gasteiger partial charge on any atom is 0.287 e. The van der Waals surface area contributed by atoms with E-state index in [9.17, 15) is 9.18 Å². The maximum absolute atomic E-state index is 14.2. The lowest BCUT2D eigenvalue weighted by atomic mass is 9.79. The summed E-state index contributed by atoms with van der Waals surface area (Å²) in [5.74, 6) is 0.808. The Morgan fingerprint density at radius 3 is 2.69 bits per heavy atom. The van der Waals surface area contributed by atoms with Crippen LogP contribution in [-0.2, 0) is 0 Å². The molecule has 0 radical (unpaired) electrons. The number of ether oxygens (including phenoxy) is 1. The number of piperidine rings is 3. The first-order chi connectivity index (χ1) is 12.6. The van der Waals surface area contributed by atoms with E-state index in [4.69, 9.17) is 9.15 Å². The Balaban J connectivity index is 1.50. The predicted octanol–water partition coefficient (Wildman–Crippen LogP) is 3.31. The number of furan rings is 1. The molecule has 0 unspecified atom stereocenters. The van der Waals surface area contributed by atoms with Gasteiger partial charge in [0.25, 0.3) is 5.91 Å². The van der Waals surface area contributed by atoms with Crippen molar-refractivity contribution in [1.29, 1.82) is 0 Å². The Hall–Kier alpha value is -2.34. The lowest BCUT2D eigenvalue weighted by Crippen LogP contribution is -2.62. The lowest BCUT2D eigenvalue weighted by Gasteiger charge is -2.49. The number of nitrogens with one attached hydrogen (secondary N) is 1. The second-order valence-electron chi connectivity index (χ2n) is 7.12. The highest BCUT2D eigenvalue weighted by Crippen LogP contribution is 2.33. The van der Waals surface area contributed by atoms with E-state index in [1.165, 1.54) is 13.2 Å². The largest absolute Gasteiger partial charge is 0.497 e. The third kappa shape index (κ3) is 2.98. The number of hydrogen-bond acceptors (Lipinski definition) is 4. The molecular formula is C20H23FN2O3. The molecule has 1 N–H and O–H groups in total. The zero-order valence-electron chi connectivity index (χ0n) is 15.0. The van der Waals surface area contributed by atoms with Gasteiger partial charge in [-0.1, -0.05) is 0 Å². The van der Waals surface area contributed by atoms with Crippen molar-refractivity contribution in [2.45, 2.75) is 31.8 Å². The van der Waals surface area contributed by atoms with E-state index in [-0.39, 0.29) is 17.7 Å². The van der Waals surface area contributed by atoms with Crippen molar-refractivity contribution < 1.29 is 18.3 Å². The maximum atomic E-state index is 14.2. The number of benzene rings is 1. The number of hydrogen-bond donors (Lipinski definition) is 1. The monoisotopic (exact) mass is 358 g/mol. The van der Waals surface area contributed by atoms with Crippen LogP contribution in [0.3, 0.4) is 0 Å². The number of halogens is 1. The van der Waals surface area contributed by atoms with Gasteiger partial charge in [0, 0.05) is 18.2 Å². The van der Waals surface area contributed by atoms with E-state index in [1.54, 1.807) is 24.3 Å². The second kappa shape index (κ2) is 6.76. The first-order valence-electron chi connectivity index (χ1n) is 9.05. The molecule has 2 atom stereocenters. The number of fused-ring (bicyclic) bond motifs is 3. The summed E-state index contributed by atoms with van der Waals surface area (Å²) in [5.41, 5.74) is 0.307. The molecule has 3 fully saturated rings. The van der Waals surface area contributed by atoms with Crippen LogP contribution in [-0.4, -0.2) is 43.1 Å². The van der Waals surface area contributed by atoms with Gasteiger partial charge in [-0.15, -0.1) is 0 Å². The minimum absolute atomic E-state index is 0.135. The molecule has 0 saturated carbocycles. The Morgan fingerprint density at radius 1 is 1.27 bits per heavy atom. The molecule has 3 aliphatic rings. The number of amides is 1. The van der Waals surface area contributed by atoms with Crippen molar-refractivity contribution in [3.05, 3.63) is 41.9 Å². The Kier molecular flexibility index (Phi) is 4.44. The molecule has 1 aromatic heterocycles. The Morgan fingerprint density at radius 2 is 2.04 bits per heavy atom. The summed E-state index contributed by atoms with van der Waals surface area (Å²) in [7, 11) is 1.49. The number of nitrogens with zero attached hydrogens (tertiary/aromatic N) is 1. The van der Waals surface area contributed by atoms with Crippen molar-refractivity contribution >= 4 is 5.91 Å². The van der Waals surface area contributed by atoms with Gasteiger partial charge >= 0.3 is 0 Å². The molecular weight excluding hydrogens is 335 g/mol. The normalized spacial score (nSPS) is 27.3. The van der Waals surface area contributed by atoms with Crippen LogP contribution < -0.4 is 10.1 Å². The molecule has 1 amide bonds. The summed E-state index contributed by atoms with van der Waals surface area (Å²) < 4.78 is 24.9. The standard InChI is InChI=1S/C20H23FN2O3/c1-12-19(13-7-9-23(12)10-8-13)22-20(24)18-6-5-17(26-18)15-4-3-14(25-2)11-16(15)21/h3-6,11-13,19H,7-10H2,1-2H3,(H,22,24)/t12-,19-/m0/s1. The van der Waals surface area contributed by atoms with Crippen LogP contribution in [0, 0.1) is 11.7 Å². The molecule has 138 valence electrons. The predicted molar refractivity (Wildman–Crippen MR) is 95.7 cm³/mol.